The van der Waals surface area contributed by atoms with E-state index in [0.29, 0.717) is 43.3 Å². The molecule has 1 fully saturated rings. The number of carbonyl (C=O) groups is 1. The van der Waals surface area contributed by atoms with Gasteiger partial charge in [-0.2, -0.15) is 0 Å². The highest BCUT2D eigenvalue weighted by Gasteiger charge is 2.28. The highest BCUT2D eigenvalue weighted by atomic mass is 19.1. The van der Waals surface area contributed by atoms with Gasteiger partial charge >= 0.3 is 0 Å². The fourth-order valence-electron chi connectivity index (χ4n) is 4.78. The predicted octanol–water partition coefficient (Wildman–Crippen LogP) is 2.71. The van der Waals surface area contributed by atoms with Gasteiger partial charge in [0, 0.05) is 38.9 Å². The molecule has 0 atom stereocenters. The molecule has 1 aromatic heterocycles. The van der Waals surface area contributed by atoms with E-state index in [1.54, 1.807) is 10.6 Å². The van der Waals surface area contributed by atoms with Gasteiger partial charge in [-0.15, -0.1) is 0 Å². The van der Waals surface area contributed by atoms with Crippen LogP contribution in [0.5, 0.6) is 11.5 Å². The van der Waals surface area contributed by atoms with Crippen molar-refractivity contribution in [1.82, 2.24) is 20.1 Å². The molecule has 10 heteroatoms. The van der Waals surface area contributed by atoms with Crippen LogP contribution in [0.4, 0.5) is 10.1 Å². The van der Waals surface area contributed by atoms with Gasteiger partial charge in [-0.05, 0) is 44.6 Å². The maximum atomic E-state index is 15.5. The summed E-state index contributed by atoms with van der Waals surface area (Å²) in [5.41, 5.74) is 0.752. The van der Waals surface area contributed by atoms with E-state index in [-0.39, 0.29) is 22.4 Å². The summed E-state index contributed by atoms with van der Waals surface area (Å²) < 4.78 is 28.8. The number of halogens is 1. The van der Waals surface area contributed by atoms with E-state index >= 15 is 4.39 Å². The molecule has 37 heavy (non-hydrogen) atoms. The minimum atomic E-state index is -0.600. The number of para-hydroxylation sites is 2. The lowest BCUT2D eigenvalue weighted by atomic mass is 10.1. The van der Waals surface area contributed by atoms with Crippen LogP contribution in [0.1, 0.15) is 23.2 Å². The van der Waals surface area contributed by atoms with Crippen LogP contribution in [0, 0.1) is 5.82 Å². The molecular weight excluding hydrogens is 477 g/mol. The van der Waals surface area contributed by atoms with Crippen molar-refractivity contribution in [3.05, 3.63) is 58.1 Å². The Morgan fingerprint density at radius 2 is 1.89 bits per heavy atom. The van der Waals surface area contributed by atoms with Crippen molar-refractivity contribution < 1.29 is 18.7 Å². The fraction of sp³-hybridized carbons (Fsp3) is 0.407. The first-order valence-electron chi connectivity index (χ1n) is 12.7. The minimum absolute atomic E-state index is 0.0313. The summed E-state index contributed by atoms with van der Waals surface area (Å²) in [4.78, 5) is 28.6. The first-order chi connectivity index (χ1) is 18.1. The van der Waals surface area contributed by atoms with Gasteiger partial charge in [0.25, 0.3) is 5.91 Å². The first-order valence-corrected chi connectivity index (χ1v) is 12.7. The molecule has 2 aromatic carbocycles. The van der Waals surface area contributed by atoms with Crippen LogP contribution in [-0.4, -0.2) is 74.9 Å². The Labute approximate surface area is 214 Å². The zero-order chi connectivity index (χ0) is 25.8. The second-order valence-electron chi connectivity index (χ2n) is 9.22. The molecule has 2 aliphatic rings. The average molecular weight is 510 g/mol. The highest BCUT2D eigenvalue weighted by molar-refractivity contribution is 6.01. The van der Waals surface area contributed by atoms with Gasteiger partial charge in [0.1, 0.15) is 16.8 Å². The summed E-state index contributed by atoms with van der Waals surface area (Å²) in [6.07, 6.45) is 3.22. The van der Waals surface area contributed by atoms with Crippen LogP contribution in [0.25, 0.3) is 16.6 Å². The molecular formula is C27H32FN5O4. The lowest BCUT2D eigenvalue weighted by Gasteiger charge is -2.28. The number of anilines is 1. The first kappa shape index (κ1) is 25.2. The van der Waals surface area contributed by atoms with E-state index in [4.69, 9.17) is 9.47 Å². The van der Waals surface area contributed by atoms with E-state index in [0.717, 1.165) is 39.0 Å². The van der Waals surface area contributed by atoms with E-state index < -0.39 is 17.2 Å². The zero-order valence-corrected chi connectivity index (χ0v) is 20.9. The molecule has 5 rings (SSSR count). The maximum Gasteiger partial charge on any atom is 0.256 e. The number of nitrogens with one attached hydrogen (secondary N) is 3. The van der Waals surface area contributed by atoms with Crippen molar-refractivity contribution >= 4 is 22.5 Å². The summed E-state index contributed by atoms with van der Waals surface area (Å²) >= 11 is 0. The number of pyridine rings is 1. The standard InChI is InChI=1S/C27H32FN5O4/c1-29-8-4-5-9-31-27(35)19-17-33-21-6-2-3-7-22(21)37-26-23(20(28)16-18(24(26)33)25(19)34)30-10-11-32-12-14-36-15-13-32/h2-3,6-7,16-17,29-30H,4-5,8-15H2,1H3,(H,31,35). The molecule has 1 amide bonds. The Morgan fingerprint density at radius 3 is 2.70 bits per heavy atom. The normalized spacial score (nSPS) is 14.8. The molecule has 0 saturated carbocycles. The molecule has 9 nitrogen and oxygen atoms in total. The van der Waals surface area contributed by atoms with E-state index in [2.05, 4.69) is 20.9 Å². The summed E-state index contributed by atoms with van der Waals surface area (Å²) in [6, 6.07) is 8.51. The second-order valence-corrected chi connectivity index (χ2v) is 9.22. The second kappa shape index (κ2) is 11.3. The smallest absolute Gasteiger partial charge is 0.256 e. The number of benzene rings is 2. The number of nitrogens with zero attached hydrogens (tertiary/aromatic N) is 2. The van der Waals surface area contributed by atoms with Gasteiger partial charge in [-0.25, -0.2) is 4.39 Å². The molecule has 0 spiro atoms. The van der Waals surface area contributed by atoms with Gasteiger partial charge in [0.05, 0.1) is 24.3 Å². The van der Waals surface area contributed by atoms with Gasteiger partial charge in [-0.1, -0.05) is 12.1 Å². The summed E-state index contributed by atoms with van der Waals surface area (Å²) in [5.74, 6) is -0.317. The molecule has 3 aromatic rings. The quantitative estimate of drug-likeness (QED) is 0.283. The Hall–Kier alpha value is -3.47. The van der Waals surface area contributed by atoms with Crippen molar-refractivity contribution in [3.8, 4) is 17.2 Å². The van der Waals surface area contributed by atoms with Crippen molar-refractivity contribution in [2.45, 2.75) is 12.8 Å². The topological polar surface area (TPSA) is 96.9 Å². The van der Waals surface area contributed by atoms with Gasteiger partial charge in [0.15, 0.2) is 17.3 Å². The molecule has 0 unspecified atom stereocenters. The molecule has 3 heterocycles. The maximum absolute atomic E-state index is 15.5. The monoisotopic (exact) mass is 509 g/mol. The predicted molar refractivity (Wildman–Crippen MR) is 141 cm³/mol. The van der Waals surface area contributed by atoms with Crippen molar-refractivity contribution in [3.63, 3.8) is 0 Å². The molecule has 2 aliphatic heterocycles. The Bertz CT molecular complexity index is 1350. The van der Waals surface area contributed by atoms with E-state index in [1.807, 2.05) is 25.2 Å². The summed E-state index contributed by atoms with van der Waals surface area (Å²) in [7, 11) is 1.88. The third-order valence-corrected chi connectivity index (χ3v) is 6.75. The molecule has 3 N–H and O–H groups in total. The summed E-state index contributed by atoms with van der Waals surface area (Å²) in [6.45, 7) is 5.55. The van der Waals surface area contributed by atoms with Crippen LogP contribution in [0.15, 0.2) is 41.3 Å². The lowest BCUT2D eigenvalue weighted by molar-refractivity contribution is 0.0398. The number of hydrogen-bond acceptors (Lipinski definition) is 7. The van der Waals surface area contributed by atoms with Crippen molar-refractivity contribution in [2.75, 3.05) is 64.8 Å². The van der Waals surface area contributed by atoms with Crippen molar-refractivity contribution in [1.29, 1.82) is 0 Å². The van der Waals surface area contributed by atoms with Crippen molar-refractivity contribution in [2.24, 2.45) is 0 Å². The SMILES string of the molecule is CNCCCCNC(=O)c1cn2c3c(c(NCCN4CCOCC4)c(F)cc3c1=O)Oc1ccccc1-2. The molecule has 0 radical (unpaired) electrons. The van der Waals surface area contributed by atoms with Crippen LogP contribution < -0.4 is 26.1 Å². The Morgan fingerprint density at radius 1 is 1.11 bits per heavy atom. The Balaban J connectivity index is 1.50. The van der Waals surface area contributed by atoms with Gasteiger partial charge < -0.3 is 30.0 Å². The third kappa shape index (κ3) is 5.18. The number of amides is 1. The van der Waals surface area contributed by atoms with Gasteiger partial charge in [0.2, 0.25) is 5.43 Å². The minimum Gasteiger partial charge on any atom is -0.451 e. The number of rotatable bonds is 10. The van der Waals surface area contributed by atoms with Crippen LogP contribution in [0.3, 0.4) is 0 Å². The molecule has 0 bridgehead atoms. The van der Waals surface area contributed by atoms with Gasteiger partial charge in [-0.3, -0.25) is 14.5 Å². The lowest BCUT2D eigenvalue weighted by Crippen LogP contribution is -2.39. The number of fused-ring (bicyclic) bond motifs is 2. The fourth-order valence-corrected chi connectivity index (χ4v) is 4.78. The van der Waals surface area contributed by atoms with Crippen LogP contribution in [0.2, 0.25) is 0 Å². The highest BCUT2D eigenvalue weighted by Crippen LogP contribution is 2.44. The number of morpholine rings is 1. The summed E-state index contributed by atoms with van der Waals surface area (Å²) in [5, 5.41) is 9.18. The molecule has 1 saturated heterocycles. The third-order valence-electron chi connectivity index (χ3n) is 6.75. The number of ether oxygens (including phenoxy) is 2. The number of carbonyl (C=O) groups excluding carboxylic acids is 1. The number of unbranched alkanes of at least 4 members (excludes halogenated alkanes) is 1. The Kier molecular flexibility index (Phi) is 7.68. The molecule has 196 valence electrons. The average Bonchev–Trinajstić information content (AvgIpc) is 2.92. The molecule has 0 aliphatic carbocycles. The largest absolute Gasteiger partial charge is 0.451 e. The number of aromatic nitrogens is 1. The number of hydrogen-bond donors (Lipinski definition) is 3. The van der Waals surface area contributed by atoms with E-state index in [1.165, 1.54) is 12.3 Å². The zero-order valence-electron chi connectivity index (χ0n) is 20.9. The van der Waals surface area contributed by atoms with E-state index in [9.17, 15) is 9.59 Å². The van der Waals surface area contributed by atoms with Crippen LogP contribution in [-0.2, 0) is 4.74 Å². The van der Waals surface area contributed by atoms with Crippen LogP contribution >= 0.6 is 0 Å².